The van der Waals surface area contributed by atoms with Crippen LogP contribution >= 0.6 is 15.6 Å². The molecule has 516 valence electrons. The summed E-state index contributed by atoms with van der Waals surface area (Å²) >= 11 is 0. The molecule has 0 aromatic carbocycles. The number of ether oxygens (including phenoxy) is 4. The maximum absolute atomic E-state index is 13.0. The third kappa shape index (κ3) is 61.3. The monoisotopic (exact) mass is 1280 g/mol. The highest BCUT2D eigenvalue weighted by Gasteiger charge is 2.30. The summed E-state index contributed by atoms with van der Waals surface area (Å²) in [5.74, 6) is 0.0733. The van der Waals surface area contributed by atoms with Crippen LogP contribution in [0.4, 0.5) is 0 Å². The van der Waals surface area contributed by atoms with Gasteiger partial charge in [-0.05, 0) is 43.4 Å². The van der Waals surface area contributed by atoms with E-state index in [1.807, 2.05) is 0 Å². The van der Waals surface area contributed by atoms with Crippen LogP contribution in [0.25, 0.3) is 0 Å². The van der Waals surface area contributed by atoms with Crippen LogP contribution in [0.3, 0.4) is 0 Å². The van der Waals surface area contributed by atoms with Crippen molar-refractivity contribution in [1.82, 2.24) is 0 Å². The van der Waals surface area contributed by atoms with Crippen molar-refractivity contribution < 1.29 is 80.2 Å². The molecule has 3 unspecified atom stereocenters. The van der Waals surface area contributed by atoms with Gasteiger partial charge in [0.05, 0.1) is 26.4 Å². The lowest BCUT2D eigenvalue weighted by Gasteiger charge is -2.21. The Balaban J connectivity index is 5.17. The molecule has 0 heterocycles. The Bertz CT molecular complexity index is 1720. The third-order valence-electron chi connectivity index (χ3n) is 16.0. The number of hydrogen-bond acceptors (Lipinski definition) is 15. The molecule has 0 aromatic rings. The molecule has 0 rings (SSSR count). The molecular formula is C68H132O17P2. The Morgan fingerprint density at radius 2 is 0.586 bits per heavy atom. The van der Waals surface area contributed by atoms with Crippen molar-refractivity contribution in [1.29, 1.82) is 0 Å². The zero-order valence-corrected chi connectivity index (χ0v) is 58.3. The highest BCUT2D eigenvalue weighted by molar-refractivity contribution is 7.47. The van der Waals surface area contributed by atoms with Gasteiger partial charge in [0.25, 0.3) is 0 Å². The fraction of sp³-hybridized carbons (Fsp3) is 0.941. The number of phosphoric acid groups is 2. The largest absolute Gasteiger partial charge is 0.472 e. The molecule has 3 N–H and O–H groups in total. The Labute approximate surface area is 530 Å². The molecule has 0 radical (unpaired) electrons. The second-order valence-electron chi connectivity index (χ2n) is 25.8. The minimum Gasteiger partial charge on any atom is -0.462 e. The first-order valence-electron chi connectivity index (χ1n) is 35.4. The van der Waals surface area contributed by atoms with Crippen LogP contribution in [0.1, 0.15) is 337 Å². The zero-order valence-electron chi connectivity index (χ0n) is 56.5. The second kappa shape index (κ2) is 59.1. The molecule has 0 aromatic heterocycles. The fourth-order valence-corrected chi connectivity index (χ4v) is 11.7. The van der Waals surface area contributed by atoms with E-state index >= 15 is 0 Å². The van der Waals surface area contributed by atoms with E-state index in [2.05, 4.69) is 48.5 Å². The summed E-state index contributed by atoms with van der Waals surface area (Å²) in [5.41, 5.74) is 0. The first kappa shape index (κ1) is 85.1. The van der Waals surface area contributed by atoms with Gasteiger partial charge in [-0.3, -0.25) is 37.3 Å². The van der Waals surface area contributed by atoms with E-state index < -0.39 is 97.5 Å². The molecule has 87 heavy (non-hydrogen) atoms. The molecule has 0 aliphatic rings. The summed E-state index contributed by atoms with van der Waals surface area (Å²) < 4.78 is 68.1. The summed E-state index contributed by atoms with van der Waals surface area (Å²) in [7, 11) is -9.89. The quantitative estimate of drug-likeness (QED) is 0.0222. The van der Waals surface area contributed by atoms with Crippen molar-refractivity contribution in [3.8, 4) is 0 Å². The summed E-state index contributed by atoms with van der Waals surface area (Å²) in [5, 5.41) is 10.6. The summed E-state index contributed by atoms with van der Waals surface area (Å²) in [6, 6.07) is 0. The van der Waals surface area contributed by atoms with Crippen LogP contribution in [0, 0.1) is 17.8 Å². The summed E-state index contributed by atoms with van der Waals surface area (Å²) in [6.07, 6.45) is 42.0. The van der Waals surface area contributed by atoms with Crippen LogP contribution in [0.15, 0.2) is 0 Å². The minimum absolute atomic E-state index is 0.102. The van der Waals surface area contributed by atoms with E-state index in [4.69, 9.17) is 37.0 Å². The van der Waals surface area contributed by atoms with Crippen molar-refractivity contribution >= 4 is 39.5 Å². The SMILES string of the molecule is CCCCCCCCCCCC(=O)OC[C@H](COP(=O)(O)OC[C@H](O)COP(=O)(O)OC[C@@H](COC(=O)CCCCCCCCC(C)CC)OC(=O)CCCCCCCCCCCCCCCCCCC(C)C)OC(=O)CCCCCCCCC(C)C. The van der Waals surface area contributed by atoms with Gasteiger partial charge < -0.3 is 33.8 Å². The first-order chi connectivity index (χ1) is 41.8. The topological polar surface area (TPSA) is 237 Å². The van der Waals surface area contributed by atoms with Crippen molar-refractivity contribution in [3.63, 3.8) is 0 Å². The predicted octanol–water partition coefficient (Wildman–Crippen LogP) is 19.1. The van der Waals surface area contributed by atoms with Crippen molar-refractivity contribution in [2.24, 2.45) is 17.8 Å². The fourth-order valence-electron chi connectivity index (χ4n) is 10.2. The number of unbranched alkanes of at least 4 members (excludes halogenated alkanes) is 33. The molecule has 19 heteroatoms. The smallest absolute Gasteiger partial charge is 0.462 e. The minimum atomic E-state index is -4.95. The Kier molecular flexibility index (Phi) is 57.8. The summed E-state index contributed by atoms with van der Waals surface area (Å²) in [4.78, 5) is 72.3. The Hall–Kier alpha value is -1.94. The maximum atomic E-state index is 13.0. The average Bonchev–Trinajstić information content (AvgIpc) is 3.70. The number of hydrogen-bond donors (Lipinski definition) is 3. The average molecular weight is 1280 g/mol. The maximum Gasteiger partial charge on any atom is 0.472 e. The van der Waals surface area contributed by atoms with Gasteiger partial charge in [0.15, 0.2) is 12.2 Å². The van der Waals surface area contributed by atoms with Gasteiger partial charge in [-0.2, -0.15) is 0 Å². The molecule has 6 atom stereocenters. The van der Waals surface area contributed by atoms with Gasteiger partial charge in [-0.1, -0.05) is 286 Å². The summed E-state index contributed by atoms with van der Waals surface area (Å²) in [6.45, 7) is 11.7. The Morgan fingerprint density at radius 1 is 0.333 bits per heavy atom. The number of phosphoric ester groups is 2. The lowest BCUT2D eigenvalue weighted by molar-refractivity contribution is -0.161. The second-order valence-corrected chi connectivity index (χ2v) is 28.7. The van der Waals surface area contributed by atoms with Crippen LogP contribution < -0.4 is 0 Å². The van der Waals surface area contributed by atoms with Gasteiger partial charge >= 0.3 is 39.5 Å². The lowest BCUT2D eigenvalue weighted by atomic mass is 10.00. The molecular weight excluding hydrogens is 1150 g/mol. The van der Waals surface area contributed by atoms with Gasteiger partial charge in [0.2, 0.25) is 0 Å². The molecule has 0 fully saturated rings. The highest BCUT2D eigenvalue weighted by atomic mass is 31.2. The number of aliphatic hydroxyl groups is 1. The van der Waals surface area contributed by atoms with Crippen molar-refractivity contribution in [2.45, 2.75) is 356 Å². The van der Waals surface area contributed by atoms with Crippen LogP contribution in [0.2, 0.25) is 0 Å². The first-order valence-corrected chi connectivity index (χ1v) is 38.4. The highest BCUT2D eigenvalue weighted by Crippen LogP contribution is 2.45. The van der Waals surface area contributed by atoms with Crippen LogP contribution in [0.5, 0.6) is 0 Å². The molecule has 0 saturated carbocycles. The molecule has 17 nitrogen and oxygen atoms in total. The number of carbonyl (C=O) groups excluding carboxylic acids is 4. The molecule has 0 aliphatic carbocycles. The van der Waals surface area contributed by atoms with E-state index in [1.54, 1.807) is 0 Å². The van der Waals surface area contributed by atoms with E-state index in [9.17, 15) is 43.2 Å². The van der Waals surface area contributed by atoms with Gasteiger partial charge in [0.1, 0.15) is 19.3 Å². The molecule has 0 saturated heterocycles. The van der Waals surface area contributed by atoms with E-state index in [0.717, 1.165) is 108 Å². The number of rotatable bonds is 66. The van der Waals surface area contributed by atoms with Crippen LogP contribution in [-0.4, -0.2) is 96.7 Å². The zero-order chi connectivity index (χ0) is 64.5. The van der Waals surface area contributed by atoms with Gasteiger partial charge in [-0.15, -0.1) is 0 Å². The predicted molar refractivity (Wildman–Crippen MR) is 349 cm³/mol. The van der Waals surface area contributed by atoms with Crippen LogP contribution in [-0.2, 0) is 65.4 Å². The molecule has 0 aliphatic heterocycles. The lowest BCUT2D eigenvalue weighted by Crippen LogP contribution is -2.30. The molecule has 0 bridgehead atoms. The van der Waals surface area contributed by atoms with Gasteiger partial charge in [0, 0.05) is 25.7 Å². The van der Waals surface area contributed by atoms with E-state index in [0.29, 0.717) is 31.6 Å². The number of aliphatic hydroxyl groups excluding tert-OH is 1. The van der Waals surface area contributed by atoms with Crippen molar-refractivity contribution in [3.05, 3.63) is 0 Å². The normalized spacial score (nSPS) is 14.6. The van der Waals surface area contributed by atoms with Gasteiger partial charge in [-0.25, -0.2) is 9.13 Å². The standard InChI is InChI=1S/C68H132O17P2/c1-8-10-11-12-13-22-26-35-42-49-65(70)78-55-64(85-68(73)52-45-38-30-28-33-40-47-60(5)6)58-83-87(76,77)81-54-62(69)53-80-86(74,75)82-57-63(56-79-66(71)50-43-36-31-29-34-41-48-61(7)9-2)84-67(72)51-44-37-27-24-21-19-17-15-14-16-18-20-23-25-32-39-46-59(3)4/h59-64,69H,8-58H2,1-7H3,(H,74,75)(H,76,77)/t61?,62-,63-,64-/m1/s1. The molecule has 0 amide bonds. The third-order valence-corrected chi connectivity index (χ3v) is 17.9. The van der Waals surface area contributed by atoms with E-state index in [-0.39, 0.29) is 25.7 Å². The Morgan fingerprint density at radius 3 is 0.874 bits per heavy atom. The number of esters is 4. The van der Waals surface area contributed by atoms with E-state index in [1.165, 1.54) is 141 Å². The molecule has 0 spiro atoms. The van der Waals surface area contributed by atoms with Crippen molar-refractivity contribution in [2.75, 3.05) is 39.6 Å². The number of carbonyl (C=O) groups is 4.